The van der Waals surface area contributed by atoms with Gasteiger partial charge in [-0.3, -0.25) is 19.3 Å². The Balaban J connectivity index is 1.53. The van der Waals surface area contributed by atoms with Gasteiger partial charge in [-0.1, -0.05) is 31.0 Å². The summed E-state index contributed by atoms with van der Waals surface area (Å²) in [6, 6.07) is 6.69. The zero-order valence-electron chi connectivity index (χ0n) is 14.7. The van der Waals surface area contributed by atoms with E-state index in [-0.39, 0.29) is 18.0 Å². The summed E-state index contributed by atoms with van der Waals surface area (Å²) in [5.41, 5.74) is 1.87. The van der Waals surface area contributed by atoms with Gasteiger partial charge in [-0.2, -0.15) is 0 Å². The molecule has 26 heavy (non-hydrogen) atoms. The first-order chi connectivity index (χ1) is 12.5. The number of nitrogens with zero attached hydrogens (tertiary/aromatic N) is 3. The standard InChI is InChI=1S/C19H21N3O4/c1-12-10-13-6-2-5-9-15(13)21(12)16(23)11-20-17(24)18(25)22(19(20)26)14-7-3-4-8-14/h2,5-6,9,12,14H,3-4,7-8,10-11H2,1H3. The SMILES string of the molecule is CC1Cc2ccccc2N1C(=O)CN1C(=O)C(=O)N(C2CCCC2)C1=O. The van der Waals surface area contributed by atoms with Crippen molar-refractivity contribution in [1.82, 2.24) is 9.80 Å². The van der Waals surface area contributed by atoms with Crippen LogP contribution in [0.4, 0.5) is 10.5 Å². The second-order valence-electron chi connectivity index (χ2n) is 7.23. The summed E-state index contributed by atoms with van der Waals surface area (Å²) < 4.78 is 0. The molecule has 1 aromatic rings. The molecule has 3 aliphatic rings. The third kappa shape index (κ3) is 2.50. The molecule has 1 unspecified atom stereocenters. The van der Waals surface area contributed by atoms with Gasteiger partial charge in [-0.15, -0.1) is 0 Å². The Morgan fingerprint density at radius 1 is 1.08 bits per heavy atom. The predicted octanol–water partition coefficient (Wildman–Crippen LogP) is 1.70. The molecule has 1 aliphatic carbocycles. The number of urea groups is 1. The van der Waals surface area contributed by atoms with Crippen LogP contribution in [-0.4, -0.2) is 52.2 Å². The third-order valence-corrected chi connectivity index (χ3v) is 5.54. The molecule has 7 heteroatoms. The topological polar surface area (TPSA) is 78.0 Å². The van der Waals surface area contributed by atoms with Crippen molar-refractivity contribution in [3.05, 3.63) is 29.8 Å². The molecule has 1 saturated heterocycles. The van der Waals surface area contributed by atoms with Gasteiger partial charge in [-0.05, 0) is 37.8 Å². The molecular formula is C19H21N3O4. The van der Waals surface area contributed by atoms with E-state index in [0.717, 1.165) is 53.2 Å². The van der Waals surface area contributed by atoms with E-state index in [1.807, 2.05) is 31.2 Å². The molecule has 2 heterocycles. The smallest absolute Gasteiger partial charge is 0.307 e. The highest BCUT2D eigenvalue weighted by Gasteiger charge is 2.49. The molecule has 0 N–H and O–H groups in total. The number of para-hydroxylation sites is 1. The summed E-state index contributed by atoms with van der Waals surface area (Å²) in [5, 5.41) is 0. The molecule has 1 aromatic carbocycles. The summed E-state index contributed by atoms with van der Waals surface area (Å²) in [6.45, 7) is 1.53. The molecule has 1 atom stereocenters. The van der Waals surface area contributed by atoms with Crippen LogP contribution in [0.1, 0.15) is 38.2 Å². The van der Waals surface area contributed by atoms with Crippen molar-refractivity contribution in [2.75, 3.05) is 11.4 Å². The van der Waals surface area contributed by atoms with Gasteiger partial charge >= 0.3 is 17.8 Å². The maximum absolute atomic E-state index is 12.9. The molecule has 1 saturated carbocycles. The average Bonchev–Trinajstić information content (AvgIpc) is 3.29. The number of imide groups is 2. The van der Waals surface area contributed by atoms with Crippen LogP contribution in [0.2, 0.25) is 0 Å². The van der Waals surface area contributed by atoms with Crippen molar-refractivity contribution >= 4 is 29.4 Å². The van der Waals surface area contributed by atoms with Crippen molar-refractivity contribution in [3.63, 3.8) is 0 Å². The number of rotatable bonds is 3. The van der Waals surface area contributed by atoms with Crippen LogP contribution < -0.4 is 4.90 Å². The lowest BCUT2D eigenvalue weighted by molar-refractivity contribution is -0.144. The number of hydrogen-bond donors (Lipinski definition) is 0. The van der Waals surface area contributed by atoms with Gasteiger partial charge in [0.1, 0.15) is 6.54 Å². The quantitative estimate of drug-likeness (QED) is 0.611. The van der Waals surface area contributed by atoms with Crippen LogP contribution >= 0.6 is 0 Å². The number of benzene rings is 1. The van der Waals surface area contributed by atoms with E-state index in [2.05, 4.69) is 0 Å². The van der Waals surface area contributed by atoms with Crippen molar-refractivity contribution in [1.29, 1.82) is 0 Å². The van der Waals surface area contributed by atoms with Crippen molar-refractivity contribution in [2.24, 2.45) is 0 Å². The Hall–Kier alpha value is -2.70. The minimum Gasteiger partial charge on any atom is -0.307 e. The van der Waals surface area contributed by atoms with E-state index >= 15 is 0 Å². The Labute approximate surface area is 151 Å². The van der Waals surface area contributed by atoms with Crippen LogP contribution in [-0.2, 0) is 20.8 Å². The number of amides is 5. The first-order valence-electron chi connectivity index (χ1n) is 9.08. The van der Waals surface area contributed by atoms with Crippen molar-refractivity contribution in [2.45, 2.75) is 51.1 Å². The van der Waals surface area contributed by atoms with Crippen LogP contribution in [0.15, 0.2) is 24.3 Å². The van der Waals surface area contributed by atoms with Gasteiger partial charge in [0.2, 0.25) is 5.91 Å². The second-order valence-corrected chi connectivity index (χ2v) is 7.23. The summed E-state index contributed by atoms with van der Waals surface area (Å²) in [4.78, 5) is 53.5. The fourth-order valence-electron chi connectivity index (χ4n) is 4.30. The summed E-state index contributed by atoms with van der Waals surface area (Å²) in [7, 11) is 0. The number of carbonyl (C=O) groups excluding carboxylic acids is 4. The summed E-state index contributed by atoms with van der Waals surface area (Å²) in [6.07, 6.45) is 4.07. The van der Waals surface area contributed by atoms with Gasteiger partial charge in [0, 0.05) is 17.8 Å². The molecule has 0 bridgehead atoms. The van der Waals surface area contributed by atoms with E-state index in [9.17, 15) is 19.2 Å². The molecule has 5 amide bonds. The van der Waals surface area contributed by atoms with Crippen LogP contribution in [0.3, 0.4) is 0 Å². The van der Waals surface area contributed by atoms with Crippen LogP contribution in [0.25, 0.3) is 0 Å². The Morgan fingerprint density at radius 3 is 2.50 bits per heavy atom. The van der Waals surface area contributed by atoms with Crippen molar-refractivity contribution in [3.8, 4) is 0 Å². The highest BCUT2D eigenvalue weighted by Crippen LogP contribution is 2.32. The Morgan fingerprint density at radius 2 is 1.77 bits per heavy atom. The number of carbonyl (C=O) groups is 4. The average molecular weight is 355 g/mol. The van der Waals surface area contributed by atoms with Crippen LogP contribution in [0.5, 0.6) is 0 Å². The monoisotopic (exact) mass is 355 g/mol. The first kappa shape index (κ1) is 16.8. The molecule has 0 radical (unpaired) electrons. The molecular weight excluding hydrogens is 334 g/mol. The second kappa shape index (κ2) is 6.23. The van der Waals surface area contributed by atoms with Crippen LogP contribution in [0, 0.1) is 0 Å². The molecule has 4 rings (SSSR count). The van der Waals surface area contributed by atoms with E-state index in [1.54, 1.807) is 4.90 Å². The molecule has 0 spiro atoms. The highest BCUT2D eigenvalue weighted by molar-refractivity contribution is 6.45. The molecule has 0 aromatic heterocycles. The van der Waals surface area contributed by atoms with E-state index < -0.39 is 24.4 Å². The Bertz CT molecular complexity index is 800. The fourth-order valence-corrected chi connectivity index (χ4v) is 4.30. The largest absolute Gasteiger partial charge is 0.334 e. The molecule has 2 aliphatic heterocycles. The zero-order chi connectivity index (χ0) is 18.4. The highest BCUT2D eigenvalue weighted by atomic mass is 16.2. The van der Waals surface area contributed by atoms with Gasteiger partial charge in [-0.25, -0.2) is 9.69 Å². The normalized spacial score (nSPS) is 23.3. The van der Waals surface area contributed by atoms with E-state index in [1.165, 1.54) is 0 Å². The first-order valence-corrected chi connectivity index (χ1v) is 9.08. The Kier molecular flexibility index (Phi) is 4.01. The van der Waals surface area contributed by atoms with Gasteiger partial charge in [0.25, 0.3) is 0 Å². The molecule has 7 nitrogen and oxygen atoms in total. The third-order valence-electron chi connectivity index (χ3n) is 5.54. The number of hydrogen-bond acceptors (Lipinski definition) is 4. The van der Waals surface area contributed by atoms with E-state index in [4.69, 9.17) is 0 Å². The predicted molar refractivity (Wildman–Crippen MR) is 93.3 cm³/mol. The number of fused-ring (bicyclic) bond motifs is 1. The van der Waals surface area contributed by atoms with Gasteiger partial charge in [0.05, 0.1) is 0 Å². The zero-order valence-corrected chi connectivity index (χ0v) is 14.7. The lowest BCUT2D eigenvalue weighted by Gasteiger charge is -2.25. The maximum Gasteiger partial charge on any atom is 0.334 e. The maximum atomic E-state index is 12.9. The lowest BCUT2D eigenvalue weighted by atomic mass is 10.1. The summed E-state index contributed by atoms with van der Waals surface area (Å²) >= 11 is 0. The minimum absolute atomic E-state index is 0.0469. The molecule has 136 valence electrons. The summed E-state index contributed by atoms with van der Waals surface area (Å²) in [5.74, 6) is -2.04. The van der Waals surface area contributed by atoms with Crippen molar-refractivity contribution < 1.29 is 19.2 Å². The molecule has 2 fully saturated rings. The number of anilines is 1. The van der Waals surface area contributed by atoms with Gasteiger partial charge < -0.3 is 4.90 Å². The lowest BCUT2D eigenvalue weighted by Crippen LogP contribution is -2.46. The fraction of sp³-hybridized carbons (Fsp3) is 0.474. The van der Waals surface area contributed by atoms with Gasteiger partial charge in [0.15, 0.2) is 0 Å². The van der Waals surface area contributed by atoms with E-state index in [0.29, 0.717) is 0 Å². The minimum atomic E-state index is -0.893.